The van der Waals surface area contributed by atoms with Crippen LogP contribution in [-0.4, -0.2) is 25.7 Å². The summed E-state index contributed by atoms with van der Waals surface area (Å²) in [6.45, 7) is 2.76. The smallest absolute Gasteiger partial charge is 0.220 e. The Labute approximate surface area is 60.7 Å². The van der Waals surface area contributed by atoms with E-state index in [1.807, 2.05) is 6.92 Å². The highest BCUT2D eigenvalue weighted by Gasteiger charge is 2.26. The SMILES string of the molecule is CO[C@H](C)[C@H]1CNC(=O)C1. The van der Waals surface area contributed by atoms with Crippen LogP contribution < -0.4 is 5.32 Å². The first-order valence-electron chi connectivity index (χ1n) is 3.53. The highest BCUT2D eigenvalue weighted by atomic mass is 16.5. The topological polar surface area (TPSA) is 38.3 Å². The van der Waals surface area contributed by atoms with Gasteiger partial charge >= 0.3 is 0 Å². The quantitative estimate of drug-likeness (QED) is 0.598. The van der Waals surface area contributed by atoms with E-state index in [1.54, 1.807) is 7.11 Å². The highest BCUT2D eigenvalue weighted by molar-refractivity contribution is 5.78. The van der Waals surface area contributed by atoms with Gasteiger partial charge < -0.3 is 10.1 Å². The van der Waals surface area contributed by atoms with Gasteiger partial charge in [0.2, 0.25) is 5.91 Å². The second kappa shape index (κ2) is 3.01. The molecular formula is C7H13NO2. The molecule has 0 radical (unpaired) electrons. The minimum atomic E-state index is 0.147. The van der Waals surface area contributed by atoms with Crippen LogP contribution in [0.3, 0.4) is 0 Å². The van der Waals surface area contributed by atoms with Crippen LogP contribution in [0.2, 0.25) is 0 Å². The van der Waals surface area contributed by atoms with Gasteiger partial charge in [0, 0.05) is 26.0 Å². The van der Waals surface area contributed by atoms with Gasteiger partial charge in [0.05, 0.1) is 6.10 Å². The van der Waals surface area contributed by atoms with Crippen molar-refractivity contribution >= 4 is 5.91 Å². The fourth-order valence-electron chi connectivity index (χ4n) is 1.15. The van der Waals surface area contributed by atoms with E-state index in [2.05, 4.69) is 5.32 Å². The summed E-state index contributed by atoms with van der Waals surface area (Å²) >= 11 is 0. The van der Waals surface area contributed by atoms with Gasteiger partial charge in [0.1, 0.15) is 0 Å². The normalized spacial score (nSPS) is 28.2. The number of ether oxygens (including phenoxy) is 1. The molecule has 58 valence electrons. The molecule has 0 unspecified atom stereocenters. The molecular weight excluding hydrogens is 130 g/mol. The maximum absolute atomic E-state index is 10.7. The summed E-state index contributed by atoms with van der Waals surface area (Å²) in [7, 11) is 1.67. The molecule has 1 saturated heterocycles. The summed E-state index contributed by atoms with van der Waals surface area (Å²) in [6.07, 6.45) is 0.814. The third-order valence-electron chi connectivity index (χ3n) is 2.04. The van der Waals surface area contributed by atoms with E-state index in [0.717, 1.165) is 6.54 Å². The summed E-state index contributed by atoms with van der Waals surface area (Å²) in [5.74, 6) is 0.520. The minimum absolute atomic E-state index is 0.147. The number of carbonyl (C=O) groups excluding carboxylic acids is 1. The number of hydrogen-bond acceptors (Lipinski definition) is 2. The Kier molecular flexibility index (Phi) is 2.27. The van der Waals surface area contributed by atoms with Crippen LogP contribution >= 0.6 is 0 Å². The van der Waals surface area contributed by atoms with E-state index in [0.29, 0.717) is 12.3 Å². The van der Waals surface area contributed by atoms with Crippen LogP contribution in [0, 0.1) is 5.92 Å². The van der Waals surface area contributed by atoms with Gasteiger partial charge in [-0.3, -0.25) is 4.79 Å². The van der Waals surface area contributed by atoms with Crippen LogP contribution in [-0.2, 0) is 9.53 Å². The molecule has 0 aromatic heterocycles. The van der Waals surface area contributed by atoms with Crippen molar-refractivity contribution < 1.29 is 9.53 Å². The molecule has 3 heteroatoms. The van der Waals surface area contributed by atoms with Crippen molar-refractivity contribution in [3.05, 3.63) is 0 Å². The average molecular weight is 143 g/mol. The van der Waals surface area contributed by atoms with Gasteiger partial charge in [-0.15, -0.1) is 0 Å². The molecule has 1 fully saturated rings. The number of carbonyl (C=O) groups is 1. The van der Waals surface area contributed by atoms with Gasteiger partial charge in [0.25, 0.3) is 0 Å². The monoisotopic (exact) mass is 143 g/mol. The first kappa shape index (κ1) is 7.54. The fraction of sp³-hybridized carbons (Fsp3) is 0.857. The summed E-state index contributed by atoms with van der Waals surface area (Å²) in [5, 5.41) is 2.77. The second-order valence-corrected chi connectivity index (χ2v) is 2.71. The van der Waals surface area contributed by atoms with Crippen LogP contribution in [0.5, 0.6) is 0 Å². The number of amides is 1. The Morgan fingerprint density at radius 3 is 2.90 bits per heavy atom. The minimum Gasteiger partial charge on any atom is -0.381 e. The molecule has 3 nitrogen and oxygen atoms in total. The molecule has 1 heterocycles. The van der Waals surface area contributed by atoms with Gasteiger partial charge in [0.15, 0.2) is 0 Å². The maximum Gasteiger partial charge on any atom is 0.220 e. The van der Waals surface area contributed by atoms with Gasteiger partial charge in [-0.2, -0.15) is 0 Å². The van der Waals surface area contributed by atoms with Crippen molar-refractivity contribution in [2.75, 3.05) is 13.7 Å². The standard InChI is InChI=1S/C7H13NO2/c1-5(10-2)6-3-7(9)8-4-6/h5-6H,3-4H2,1-2H3,(H,8,9)/t5-,6-/m1/s1. The Morgan fingerprint density at radius 2 is 2.50 bits per heavy atom. The first-order valence-corrected chi connectivity index (χ1v) is 3.53. The van der Waals surface area contributed by atoms with Gasteiger partial charge in [-0.25, -0.2) is 0 Å². The molecule has 2 atom stereocenters. The molecule has 1 N–H and O–H groups in total. The van der Waals surface area contributed by atoms with Crippen molar-refractivity contribution in [1.82, 2.24) is 5.32 Å². The zero-order valence-corrected chi connectivity index (χ0v) is 6.39. The Bertz CT molecular complexity index is 136. The summed E-state index contributed by atoms with van der Waals surface area (Å²) in [6, 6.07) is 0. The van der Waals surface area contributed by atoms with Gasteiger partial charge in [-0.1, -0.05) is 0 Å². The molecule has 0 spiro atoms. The van der Waals surface area contributed by atoms with Crippen molar-refractivity contribution in [2.24, 2.45) is 5.92 Å². The zero-order chi connectivity index (χ0) is 7.56. The van der Waals surface area contributed by atoms with Gasteiger partial charge in [-0.05, 0) is 6.92 Å². The zero-order valence-electron chi connectivity index (χ0n) is 6.39. The molecule has 0 aliphatic carbocycles. The third-order valence-corrected chi connectivity index (χ3v) is 2.04. The van der Waals surface area contributed by atoms with Crippen LogP contribution in [0.15, 0.2) is 0 Å². The Hall–Kier alpha value is -0.570. The van der Waals surface area contributed by atoms with Crippen LogP contribution in [0.4, 0.5) is 0 Å². The Morgan fingerprint density at radius 1 is 1.80 bits per heavy atom. The molecule has 0 saturated carbocycles. The molecule has 1 aliphatic heterocycles. The maximum atomic E-state index is 10.7. The molecule has 1 aliphatic rings. The van der Waals surface area contributed by atoms with E-state index >= 15 is 0 Å². The van der Waals surface area contributed by atoms with Crippen molar-refractivity contribution in [3.8, 4) is 0 Å². The third kappa shape index (κ3) is 1.48. The highest BCUT2D eigenvalue weighted by Crippen LogP contribution is 2.14. The lowest BCUT2D eigenvalue weighted by Crippen LogP contribution is -2.21. The molecule has 1 rings (SSSR count). The number of hydrogen-bond donors (Lipinski definition) is 1. The van der Waals surface area contributed by atoms with Crippen molar-refractivity contribution in [2.45, 2.75) is 19.4 Å². The number of rotatable bonds is 2. The van der Waals surface area contributed by atoms with E-state index < -0.39 is 0 Å². The van der Waals surface area contributed by atoms with E-state index in [-0.39, 0.29) is 12.0 Å². The lowest BCUT2D eigenvalue weighted by atomic mass is 10.0. The molecule has 1 amide bonds. The van der Waals surface area contributed by atoms with E-state index in [4.69, 9.17) is 4.74 Å². The lowest BCUT2D eigenvalue weighted by Gasteiger charge is -2.14. The van der Waals surface area contributed by atoms with Crippen LogP contribution in [0.25, 0.3) is 0 Å². The average Bonchev–Trinajstić information content (AvgIpc) is 2.34. The van der Waals surface area contributed by atoms with Crippen LogP contribution in [0.1, 0.15) is 13.3 Å². The lowest BCUT2D eigenvalue weighted by molar-refractivity contribution is -0.119. The van der Waals surface area contributed by atoms with E-state index in [1.165, 1.54) is 0 Å². The first-order chi connectivity index (χ1) is 4.74. The molecule has 10 heavy (non-hydrogen) atoms. The second-order valence-electron chi connectivity index (χ2n) is 2.71. The largest absolute Gasteiger partial charge is 0.381 e. The van der Waals surface area contributed by atoms with Crippen molar-refractivity contribution in [1.29, 1.82) is 0 Å². The van der Waals surface area contributed by atoms with Crippen molar-refractivity contribution in [3.63, 3.8) is 0 Å². The molecule has 0 bridgehead atoms. The number of nitrogens with one attached hydrogen (secondary N) is 1. The Balaban J connectivity index is 2.36. The summed E-state index contributed by atoms with van der Waals surface area (Å²) in [4.78, 5) is 10.7. The molecule has 0 aromatic carbocycles. The predicted octanol–water partition coefficient (Wildman–Crippen LogP) is 0.157. The fourth-order valence-corrected chi connectivity index (χ4v) is 1.15. The van der Waals surface area contributed by atoms with E-state index in [9.17, 15) is 4.79 Å². The number of methoxy groups -OCH3 is 1. The summed E-state index contributed by atoms with van der Waals surface area (Å²) in [5.41, 5.74) is 0. The summed E-state index contributed by atoms with van der Waals surface area (Å²) < 4.78 is 5.09. The molecule has 0 aromatic rings. The predicted molar refractivity (Wildman–Crippen MR) is 37.6 cm³/mol.